The lowest BCUT2D eigenvalue weighted by Crippen LogP contribution is -2.14. The molecule has 0 saturated carbocycles. The average molecular weight is 410 g/mol. The molecule has 1 amide bonds. The Balaban J connectivity index is 1.39. The minimum atomic E-state index is 0.0184. The van der Waals surface area contributed by atoms with Gasteiger partial charge in [-0.15, -0.1) is 23.5 Å². The maximum atomic E-state index is 12.1. The van der Waals surface area contributed by atoms with Crippen molar-refractivity contribution in [3.05, 3.63) is 90.0 Å². The maximum Gasteiger partial charge on any atom is 0.234 e. The second-order valence-corrected chi connectivity index (χ2v) is 8.22. The molecule has 0 saturated heterocycles. The molecule has 0 aromatic heterocycles. The number of carbonyl (C=O) groups excluding carboxylic acids is 1. The Morgan fingerprint density at radius 1 is 0.857 bits per heavy atom. The van der Waals surface area contributed by atoms with Crippen molar-refractivity contribution in [2.24, 2.45) is 0 Å². The van der Waals surface area contributed by atoms with Gasteiger partial charge in [0.25, 0.3) is 0 Å². The van der Waals surface area contributed by atoms with E-state index in [1.807, 2.05) is 54.6 Å². The van der Waals surface area contributed by atoms with Crippen molar-refractivity contribution in [3.63, 3.8) is 0 Å². The highest BCUT2D eigenvalue weighted by Crippen LogP contribution is 2.23. The Labute approximate surface area is 174 Å². The van der Waals surface area contributed by atoms with Crippen LogP contribution >= 0.6 is 23.5 Å². The first-order chi connectivity index (χ1) is 13.7. The number of hydrogen-bond acceptors (Lipinski definition) is 4. The van der Waals surface area contributed by atoms with Crippen LogP contribution in [0.2, 0.25) is 0 Å². The van der Waals surface area contributed by atoms with E-state index in [4.69, 9.17) is 4.74 Å². The first kappa shape index (κ1) is 20.4. The van der Waals surface area contributed by atoms with Crippen molar-refractivity contribution >= 4 is 35.1 Å². The molecule has 0 spiro atoms. The molecule has 5 heteroatoms. The summed E-state index contributed by atoms with van der Waals surface area (Å²) >= 11 is 3.41. The summed E-state index contributed by atoms with van der Waals surface area (Å²) in [5, 5.41) is 2.96. The van der Waals surface area contributed by atoms with E-state index in [9.17, 15) is 4.79 Å². The molecule has 3 aromatic carbocycles. The summed E-state index contributed by atoms with van der Waals surface area (Å²) < 4.78 is 5.15. The van der Waals surface area contributed by atoms with E-state index in [-0.39, 0.29) is 5.91 Å². The van der Waals surface area contributed by atoms with Crippen molar-refractivity contribution in [2.45, 2.75) is 16.4 Å². The molecule has 0 aliphatic rings. The Kier molecular flexibility index (Phi) is 7.88. The summed E-state index contributed by atoms with van der Waals surface area (Å²) in [4.78, 5) is 13.4. The minimum Gasteiger partial charge on any atom is -0.497 e. The number of benzene rings is 3. The lowest BCUT2D eigenvalue weighted by molar-refractivity contribution is -0.113. The summed E-state index contributed by atoms with van der Waals surface area (Å²) in [5.74, 6) is 3.00. The SMILES string of the molecule is COc1ccc(CSCC(=O)Nc2ccc(CSc3ccccc3)cc2)cc1. The molecule has 28 heavy (non-hydrogen) atoms. The Morgan fingerprint density at radius 3 is 2.18 bits per heavy atom. The predicted molar refractivity (Wildman–Crippen MR) is 120 cm³/mol. The smallest absolute Gasteiger partial charge is 0.234 e. The van der Waals surface area contributed by atoms with Gasteiger partial charge in [0.1, 0.15) is 5.75 Å². The van der Waals surface area contributed by atoms with Crippen molar-refractivity contribution in [2.75, 3.05) is 18.2 Å². The molecule has 0 radical (unpaired) electrons. The number of methoxy groups -OCH3 is 1. The van der Waals surface area contributed by atoms with Gasteiger partial charge in [0.2, 0.25) is 5.91 Å². The van der Waals surface area contributed by atoms with Crippen LogP contribution in [0.1, 0.15) is 11.1 Å². The van der Waals surface area contributed by atoms with Gasteiger partial charge in [0.05, 0.1) is 12.9 Å². The van der Waals surface area contributed by atoms with Gasteiger partial charge in [-0.2, -0.15) is 0 Å². The molecule has 3 rings (SSSR count). The molecule has 0 heterocycles. The Morgan fingerprint density at radius 2 is 1.50 bits per heavy atom. The van der Waals surface area contributed by atoms with E-state index in [0.717, 1.165) is 22.9 Å². The molecule has 0 unspecified atom stereocenters. The van der Waals surface area contributed by atoms with E-state index < -0.39 is 0 Å². The molecular formula is C23H23NO2S2. The predicted octanol–water partition coefficient (Wildman–Crippen LogP) is 5.86. The summed E-state index contributed by atoms with van der Waals surface area (Å²) in [5.41, 5.74) is 3.25. The van der Waals surface area contributed by atoms with Crippen LogP contribution in [0.3, 0.4) is 0 Å². The zero-order valence-electron chi connectivity index (χ0n) is 15.8. The zero-order chi connectivity index (χ0) is 19.6. The van der Waals surface area contributed by atoms with Crippen molar-refractivity contribution in [1.29, 1.82) is 0 Å². The fourth-order valence-electron chi connectivity index (χ4n) is 2.55. The topological polar surface area (TPSA) is 38.3 Å². The second-order valence-electron chi connectivity index (χ2n) is 6.19. The average Bonchev–Trinajstić information content (AvgIpc) is 2.74. The summed E-state index contributed by atoms with van der Waals surface area (Å²) in [6, 6.07) is 26.3. The highest BCUT2D eigenvalue weighted by molar-refractivity contribution is 7.99. The zero-order valence-corrected chi connectivity index (χ0v) is 17.4. The molecule has 3 aromatic rings. The first-order valence-corrected chi connectivity index (χ1v) is 11.1. The number of carbonyl (C=O) groups is 1. The molecule has 1 N–H and O–H groups in total. The summed E-state index contributed by atoms with van der Waals surface area (Å²) in [6.45, 7) is 0. The minimum absolute atomic E-state index is 0.0184. The number of nitrogens with one attached hydrogen (secondary N) is 1. The van der Waals surface area contributed by atoms with Crippen LogP contribution in [0.5, 0.6) is 5.75 Å². The van der Waals surface area contributed by atoms with Crippen LogP contribution in [0.25, 0.3) is 0 Å². The highest BCUT2D eigenvalue weighted by Gasteiger charge is 2.04. The van der Waals surface area contributed by atoms with Gasteiger partial charge >= 0.3 is 0 Å². The number of hydrogen-bond donors (Lipinski definition) is 1. The molecule has 0 atom stereocenters. The van der Waals surface area contributed by atoms with Crippen molar-refractivity contribution in [1.82, 2.24) is 0 Å². The largest absolute Gasteiger partial charge is 0.497 e. The van der Waals surface area contributed by atoms with E-state index >= 15 is 0 Å². The van der Waals surface area contributed by atoms with Crippen molar-refractivity contribution < 1.29 is 9.53 Å². The standard InChI is InChI=1S/C23H23NO2S2/c1-26-21-13-9-18(10-14-21)15-27-17-23(25)24-20-11-7-19(8-12-20)16-28-22-5-3-2-4-6-22/h2-14H,15-17H2,1H3,(H,24,25). The summed E-state index contributed by atoms with van der Waals surface area (Å²) in [6.07, 6.45) is 0. The molecule has 0 aliphatic carbocycles. The molecule has 144 valence electrons. The third-order valence-corrected chi connectivity index (χ3v) is 6.13. The van der Waals surface area contributed by atoms with Gasteiger partial charge in [-0.3, -0.25) is 4.79 Å². The van der Waals surface area contributed by atoms with E-state index in [2.05, 4.69) is 29.6 Å². The Hall–Kier alpha value is -2.37. The van der Waals surface area contributed by atoms with Crippen LogP contribution in [-0.4, -0.2) is 18.8 Å². The molecular weight excluding hydrogens is 386 g/mol. The number of ether oxygens (including phenoxy) is 1. The maximum absolute atomic E-state index is 12.1. The number of amides is 1. The van der Waals surface area contributed by atoms with Crippen LogP contribution in [-0.2, 0) is 16.3 Å². The lowest BCUT2D eigenvalue weighted by atomic mass is 10.2. The van der Waals surface area contributed by atoms with Gasteiger partial charge in [0, 0.05) is 22.1 Å². The number of rotatable bonds is 9. The van der Waals surface area contributed by atoms with Crippen LogP contribution in [0, 0.1) is 0 Å². The fourth-order valence-corrected chi connectivity index (χ4v) is 4.21. The van der Waals surface area contributed by atoms with Gasteiger partial charge in [-0.1, -0.05) is 42.5 Å². The van der Waals surface area contributed by atoms with E-state index in [0.29, 0.717) is 5.75 Å². The molecule has 0 aliphatic heterocycles. The number of anilines is 1. The quantitative estimate of drug-likeness (QED) is 0.449. The number of thioether (sulfide) groups is 2. The van der Waals surface area contributed by atoms with E-state index in [1.54, 1.807) is 30.6 Å². The van der Waals surface area contributed by atoms with Crippen LogP contribution in [0.15, 0.2) is 83.8 Å². The third-order valence-electron chi connectivity index (χ3n) is 4.05. The molecule has 0 fully saturated rings. The Bertz CT molecular complexity index is 865. The van der Waals surface area contributed by atoms with Crippen molar-refractivity contribution in [3.8, 4) is 5.75 Å². The molecule has 0 bridgehead atoms. The van der Waals surface area contributed by atoms with E-state index in [1.165, 1.54) is 16.0 Å². The third kappa shape index (κ3) is 6.66. The highest BCUT2D eigenvalue weighted by atomic mass is 32.2. The van der Waals surface area contributed by atoms with Gasteiger partial charge in [-0.25, -0.2) is 0 Å². The lowest BCUT2D eigenvalue weighted by Gasteiger charge is -2.07. The first-order valence-electron chi connectivity index (χ1n) is 9.00. The monoisotopic (exact) mass is 409 g/mol. The molecule has 3 nitrogen and oxygen atoms in total. The summed E-state index contributed by atoms with van der Waals surface area (Å²) in [7, 11) is 1.66. The fraction of sp³-hybridized carbons (Fsp3) is 0.174. The van der Waals surface area contributed by atoms with Gasteiger partial charge in [-0.05, 0) is 47.5 Å². The van der Waals surface area contributed by atoms with Gasteiger partial charge < -0.3 is 10.1 Å². The second kappa shape index (κ2) is 10.8. The van der Waals surface area contributed by atoms with Gasteiger partial charge in [0.15, 0.2) is 0 Å². The normalized spacial score (nSPS) is 10.5. The van der Waals surface area contributed by atoms with Crippen LogP contribution < -0.4 is 10.1 Å². The van der Waals surface area contributed by atoms with Crippen LogP contribution in [0.4, 0.5) is 5.69 Å².